The summed E-state index contributed by atoms with van der Waals surface area (Å²) in [5.74, 6) is -1.25. The molecule has 0 bridgehead atoms. The average molecular weight is 483 g/mol. The van der Waals surface area contributed by atoms with Crippen LogP contribution in [0.5, 0.6) is 0 Å². The third kappa shape index (κ3) is 5.70. The molecule has 1 saturated heterocycles. The second kappa shape index (κ2) is 10.5. The molecule has 1 heterocycles. The molecule has 3 aromatic carbocycles. The van der Waals surface area contributed by atoms with Crippen LogP contribution in [0.1, 0.15) is 24.2 Å². The summed E-state index contributed by atoms with van der Waals surface area (Å²) >= 11 is 0. The molecule has 0 aromatic heterocycles. The van der Waals surface area contributed by atoms with Crippen molar-refractivity contribution in [1.29, 1.82) is 0 Å². The van der Waals surface area contributed by atoms with Gasteiger partial charge in [-0.2, -0.15) is 4.72 Å². The van der Waals surface area contributed by atoms with Crippen molar-refractivity contribution in [1.82, 2.24) is 9.62 Å². The lowest BCUT2D eigenvalue weighted by molar-refractivity contribution is -0.146. The van der Waals surface area contributed by atoms with E-state index in [9.17, 15) is 17.6 Å². The van der Waals surface area contributed by atoms with Crippen LogP contribution in [-0.2, 0) is 26.0 Å². The molecule has 178 valence electrons. The zero-order valence-electron chi connectivity index (χ0n) is 18.8. The van der Waals surface area contributed by atoms with Crippen molar-refractivity contribution in [2.75, 3.05) is 13.1 Å². The lowest BCUT2D eigenvalue weighted by Gasteiger charge is -2.38. The standard InChI is InChI=1S/C26H27FN2O4S/c1-19-17-29(18-24(33-19)21-12-6-3-7-13-21)26(30)23(16-20-10-4-2-5-11-20)28-34(31,32)25-15-9-8-14-22(25)27/h2-15,19,23-24,28H,16-18H2,1H3. The van der Waals surface area contributed by atoms with E-state index in [1.807, 2.05) is 67.6 Å². The number of hydrogen-bond acceptors (Lipinski definition) is 4. The number of carbonyl (C=O) groups excluding carboxylic acids is 1. The molecule has 1 amide bonds. The van der Waals surface area contributed by atoms with E-state index >= 15 is 0 Å². The highest BCUT2D eigenvalue weighted by Gasteiger charge is 2.35. The van der Waals surface area contributed by atoms with Crippen LogP contribution >= 0.6 is 0 Å². The zero-order chi connectivity index (χ0) is 24.1. The monoisotopic (exact) mass is 482 g/mol. The van der Waals surface area contributed by atoms with Gasteiger partial charge in [0.2, 0.25) is 15.9 Å². The van der Waals surface area contributed by atoms with E-state index in [0.717, 1.165) is 17.2 Å². The van der Waals surface area contributed by atoms with Crippen molar-refractivity contribution in [2.45, 2.75) is 36.5 Å². The van der Waals surface area contributed by atoms with Gasteiger partial charge in [-0.3, -0.25) is 4.79 Å². The van der Waals surface area contributed by atoms with E-state index in [-0.39, 0.29) is 24.5 Å². The van der Waals surface area contributed by atoms with Crippen LogP contribution in [0, 0.1) is 5.82 Å². The van der Waals surface area contributed by atoms with Gasteiger partial charge in [0.25, 0.3) is 0 Å². The summed E-state index contributed by atoms with van der Waals surface area (Å²) in [6.07, 6.45) is -0.423. The second-order valence-electron chi connectivity index (χ2n) is 8.38. The van der Waals surface area contributed by atoms with Crippen molar-refractivity contribution < 1.29 is 22.3 Å². The number of sulfonamides is 1. The maximum absolute atomic E-state index is 14.3. The van der Waals surface area contributed by atoms with Gasteiger partial charge < -0.3 is 9.64 Å². The van der Waals surface area contributed by atoms with Gasteiger partial charge in [0.1, 0.15) is 22.9 Å². The van der Waals surface area contributed by atoms with Gasteiger partial charge in [-0.1, -0.05) is 72.8 Å². The van der Waals surface area contributed by atoms with Gasteiger partial charge in [-0.05, 0) is 36.6 Å². The first-order valence-electron chi connectivity index (χ1n) is 11.1. The van der Waals surface area contributed by atoms with E-state index in [4.69, 9.17) is 4.74 Å². The highest BCUT2D eigenvalue weighted by molar-refractivity contribution is 7.89. The molecule has 0 spiro atoms. The second-order valence-corrected chi connectivity index (χ2v) is 10.1. The molecular formula is C26H27FN2O4S. The molecule has 1 aliphatic rings. The van der Waals surface area contributed by atoms with Crippen LogP contribution < -0.4 is 4.72 Å². The molecule has 1 aliphatic heterocycles. The van der Waals surface area contributed by atoms with Crippen LogP contribution in [-0.4, -0.2) is 44.5 Å². The lowest BCUT2D eigenvalue weighted by Crippen LogP contribution is -2.54. The fourth-order valence-corrected chi connectivity index (χ4v) is 5.41. The SMILES string of the molecule is CC1CN(C(=O)C(Cc2ccccc2)NS(=O)(=O)c2ccccc2F)CC(c2ccccc2)O1. The Kier molecular flexibility index (Phi) is 7.41. The Morgan fingerprint density at radius 2 is 1.62 bits per heavy atom. The molecular weight excluding hydrogens is 455 g/mol. The van der Waals surface area contributed by atoms with E-state index in [1.165, 1.54) is 18.2 Å². The Morgan fingerprint density at radius 1 is 1.00 bits per heavy atom. The molecule has 0 saturated carbocycles. The van der Waals surface area contributed by atoms with Crippen LogP contribution in [0.4, 0.5) is 4.39 Å². The molecule has 4 rings (SSSR count). The maximum atomic E-state index is 14.3. The number of morpholine rings is 1. The Balaban J connectivity index is 1.61. The third-order valence-corrected chi connectivity index (χ3v) is 7.25. The number of nitrogens with one attached hydrogen (secondary N) is 1. The van der Waals surface area contributed by atoms with Gasteiger partial charge in [-0.15, -0.1) is 0 Å². The maximum Gasteiger partial charge on any atom is 0.244 e. The molecule has 1 fully saturated rings. The average Bonchev–Trinajstić information content (AvgIpc) is 2.84. The predicted octanol–water partition coefficient (Wildman–Crippen LogP) is 3.70. The number of ether oxygens (including phenoxy) is 1. The fourth-order valence-electron chi connectivity index (χ4n) is 4.15. The molecule has 34 heavy (non-hydrogen) atoms. The Labute approximate surface area is 199 Å². The number of halogens is 1. The van der Waals surface area contributed by atoms with Gasteiger partial charge in [0.15, 0.2) is 0 Å². The summed E-state index contributed by atoms with van der Waals surface area (Å²) < 4.78 is 48.9. The van der Waals surface area contributed by atoms with Crippen LogP contribution in [0.25, 0.3) is 0 Å². The number of nitrogens with zero attached hydrogens (tertiary/aromatic N) is 1. The van der Waals surface area contributed by atoms with E-state index in [1.54, 1.807) is 4.90 Å². The van der Waals surface area contributed by atoms with E-state index in [0.29, 0.717) is 13.1 Å². The summed E-state index contributed by atoms with van der Waals surface area (Å²) in [7, 11) is -4.28. The molecule has 3 unspecified atom stereocenters. The Bertz CT molecular complexity index is 1220. The number of amides is 1. The van der Waals surface area contributed by atoms with Crippen LogP contribution in [0.2, 0.25) is 0 Å². The van der Waals surface area contributed by atoms with Crippen molar-refractivity contribution in [3.63, 3.8) is 0 Å². The summed E-state index contributed by atoms with van der Waals surface area (Å²) in [5, 5.41) is 0. The molecule has 3 atom stereocenters. The zero-order valence-corrected chi connectivity index (χ0v) is 19.6. The highest BCUT2D eigenvalue weighted by atomic mass is 32.2. The Morgan fingerprint density at radius 3 is 2.29 bits per heavy atom. The van der Waals surface area contributed by atoms with Gasteiger partial charge in [0, 0.05) is 6.54 Å². The third-order valence-electron chi connectivity index (χ3n) is 5.75. The normalized spacial score (nSPS) is 19.5. The van der Waals surface area contributed by atoms with Crippen molar-refractivity contribution in [2.24, 2.45) is 0 Å². The molecule has 3 aromatic rings. The first-order chi connectivity index (χ1) is 16.3. The number of hydrogen-bond donors (Lipinski definition) is 1. The summed E-state index contributed by atoms with van der Waals surface area (Å²) in [4.78, 5) is 14.8. The van der Waals surface area contributed by atoms with Crippen molar-refractivity contribution in [3.8, 4) is 0 Å². The topological polar surface area (TPSA) is 75.7 Å². The predicted molar refractivity (Wildman–Crippen MR) is 127 cm³/mol. The van der Waals surface area contributed by atoms with Gasteiger partial charge >= 0.3 is 0 Å². The van der Waals surface area contributed by atoms with Gasteiger partial charge in [0.05, 0.1) is 12.6 Å². The number of rotatable bonds is 7. The van der Waals surface area contributed by atoms with E-state index < -0.39 is 26.8 Å². The summed E-state index contributed by atoms with van der Waals surface area (Å²) in [6, 6.07) is 22.8. The van der Waals surface area contributed by atoms with Crippen LogP contribution in [0.15, 0.2) is 89.8 Å². The van der Waals surface area contributed by atoms with E-state index in [2.05, 4.69) is 4.72 Å². The molecule has 1 N–H and O–H groups in total. The Hall–Kier alpha value is -3.07. The minimum absolute atomic E-state index is 0.134. The lowest BCUT2D eigenvalue weighted by atomic mass is 10.0. The molecule has 0 aliphatic carbocycles. The smallest absolute Gasteiger partial charge is 0.244 e. The van der Waals surface area contributed by atoms with Crippen molar-refractivity contribution >= 4 is 15.9 Å². The molecule has 0 radical (unpaired) electrons. The first kappa shape index (κ1) is 24.1. The largest absolute Gasteiger partial charge is 0.367 e. The minimum Gasteiger partial charge on any atom is -0.367 e. The number of benzene rings is 3. The van der Waals surface area contributed by atoms with Crippen molar-refractivity contribution in [3.05, 3.63) is 102 Å². The van der Waals surface area contributed by atoms with Crippen LogP contribution in [0.3, 0.4) is 0 Å². The first-order valence-corrected chi connectivity index (χ1v) is 12.6. The fraction of sp³-hybridized carbons (Fsp3) is 0.269. The number of carbonyl (C=O) groups is 1. The minimum atomic E-state index is -4.28. The summed E-state index contributed by atoms with van der Waals surface area (Å²) in [5.41, 5.74) is 1.73. The quantitative estimate of drug-likeness (QED) is 0.557. The molecule has 8 heteroatoms. The summed E-state index contributed by atoms with van der Waals surface area (Å²) in [6.45, 7) is 2.50. The highest BCUT2D eigenvalue weighted by Crippen LogP contribution is 2.26. The van der Waals surface area contributed by atoms with Gasteiger partial charge in [-0.25, -0.2) is 12.8 Å². The molecule has 6 nitrogen and oxygen atoms in total.